The second-order valence-corrected chi connectivity index (χ2v) is 12.2. The first-order chi connectivity index (χ1) is 20.3. The first kappa shape index (κ1) is 35.1. The Balaban J connectivity index is 1.78. The van der Waals surface area contributed by atoms with Gasteiger partial charge in [0.25, 0.3) is 0 Å². The lowest BCUT2D eigenvalue weighted by Crippen LogP contribution is -2.30. The zero-order chi connectivity index (χ0) is 29.2. The fraction of sp³-hybridized carbons (Fsp3) is 0.667. The molecule has 41 heavy (non-hydrogen) atoms. The summed E-state index contributed by atoms with van der Waals surface area (Å²) in [6, 6.07) is 13.7. The van der Waals surface area contributed by atoms with Gasteiger partial charge in [-0.15, -0.1) is 0 Å². The second kappa shape index (κ2) is 24.5. The van der Waals surface area contributed by atoms with Crippen LogP contribution in [0, 0.1) is 0 Å². The molecule has 0 amide bonds. The van der Waals surface area contributed by atoms with Gasteiger partial charge in [-0.05, 0) is 43.0 Å². The SMILES string of the molecule is CCCCCCCCCCCCN(CCCCCCCCCCCC)c1ccc(/C=C/c2cc[n+](CC)cc2)cc1. The largest absolute Gasteiger partial charge is 0.372 e. The highest BCUT2D eigenvalue weighted by molar-refractivity contribution is 5.70. The van der Waals surface area contributed by atoms with Gasteiger partial charge < -0.3 is 4.90 Å². The number of aryl methyl sites for hydroxylation is 1. The topological polar surface area (TPSA) is 7.12 Å². The number of hydrogen-bond donors (Lipinski definition) is 0. The highest BCUT2D eigenvalue weighted by Crippen LogP contribution is 2.20. The van der Waals surface area contributed by atoms with Crippen molar-refractivity contribution >= 4 is 17.8 Å². The molecule has 0 aliphatic heterocycles. The van der Waals surface area contributed by atoms with E-state index in [2.05, 4.69) is 91.2 Å². The van der Waals surface area contributed by atoms with Crippen molar-refractivity contribution < 1.29 is 4.57 Å². The molecule has 1 heterocycles. The van der Waals surface area contributed by atoms with Crippen LogP contribution in [0.4, 0.5) is 5.69 Å². The second-order valence-electron chi connectivity index (χ2n) is 12.2. The van der Waals surface area contributed by atoms with Gasteiger partial charge in [-0.1, -0.05) is 154 Å². The lowest BCUT2D eigenvalue weighted by molar-refractivity contribution is -0.693. The Hall–Kier alpha value is -2.09. The Bertz CT molecular complexity index is 843. The van der Waals surface area contributed by atoms with Crippen LogP contribution in [-0.4, -0.2) is 13.1 Å². The van der Waals surface area contributed by atoms with Gasteiger partial charge in [-0.2, -0.15) is 0 Å². The standard InChI is InChI=1S/C39H65N2/c1-4-7-9-11-13-15-17-19-21-23-33-41(34-24-22-20-18-16-14-12-10-8-5-2)39-29-27-37(28-30-39)25-26-38-31-35-40(6-3)36-32-38/h25-32,35-36H,4-24,33-34H2,1-3H3/q+1. The quantitative estimate of drug-likeness (QED) is 0.0818. The molecule has 0 radical (unpaired) electrons. The number of anilines is 1. The van der Waals surface area contributed by atoms with E-state index in [0.29, 0.717) is 0 Å². The molecular weight excluding hydrogens is 496 g/mol. The van der Waals surface area contributed by atoms with E-state index in [4.69, 9.17) is 0 Å². The molecule has 0 saturated heterocycles. The molecule has 0 aliphatic rings. The molecule has 1 aromatic carbocycles. The average molecular weight is 562 g/mol. The van der Waals surface area contributed by atoms with Crippen LogP contribution in [0.15, 0.2) is 48.8 Å². The van der Waals surface area contributed by atoms with Crippen LogP contribution in [0.3, 0.4) is 0 Å². The number of nitrogens with zero attached hydrogens (tertiary/aromatic N) is 2. The lowest BCUT2D eigenvalue weighted by Gasteiger charge is -2.25. The molecule has 0 bridgehead atoms. The third-order valence-corrected chi connectivity index (χ3v) is 8.57. The summed E-state index contributed by atoms with van der Waals surface area (Å²) < 4.78 is 2.20. The van der Waals surface area contributed by atoms with Gasteiger partial charge in [0.2, 0.25) is 0 Å². The highest BCUT2D eigenvalue weighted by Gasteiger charge is 2.07. The van der Waals surface area contributed by atoms with Crippen LogP contribution >= 0.6 is 0 Å². The number of unbranched alkanes of at least 4 members (excludes halogenated alkanes) is 18. The van der Waals surface area contributed by atoms with Crippen molar-refractivity contribution in [1.82, 2.24) is 0 Å². The minimum Gasteiger partial charge on any atom is -0.372 e. The first-order valence-electron chi connectivity index (χ1n) is 17.8. The maximum Gasteiger partial charge on any atom is 0.169 e. The van der Waals surface area contributed by atoms with Gasteiger partial charge in [-0.3, -0.25) is 0 Å². The molecule has 0 saturated carbocycles. The van der Waals surface area contributed by atoms with Gasteiger partial charge in [0.1, 0.15) is 6.54 Å². The molecule has 2 heteroatoms. The highest BCUT2D eigenvalue weighted by atomic mass is 15.1. The number of hydrogen-bond acceptors (Lipinski definition) is 1. The molecule has 0 spiro atoms. The summed E-state index contributed by atoms with van der Waals surface area (Å²) in [5, 5.41) is 0. The minimum atomic E-state index is 1.01. The molecule has 1 aromatic heterocycles. The van der Waals surface area contributed by atoms with E-state index < -0.39 is 0 Å². The van der Waals surface area contributed by atoms with E-state index in [0.717, 1.165) is 6.54 Å². The summed E-state index contributed by atoms with van der Waals surface area (Å²) in [4.78, 5) is 2.67. The molecule has 230 valence electrons. The molecular formula is C39H65N2+. The summed E-state index contributed by atoms with van der Waals surface area (Å²) in [7, 11) is 0. The predicted molar refractivity (Wildman–Crippen MR) is 184 cm³/mol. The molecule has 0 N–H and O–H groups in total. The Morgan fingerprint density at radius 1 is 0.463 bits per heavy atom. The van der Waals surface area contributed by atoms with Crippen LogP contribution < -0.4 is 9.47 Å². The van der Waals surface area contributed by atoms with E-state index in [1.807, 2.05) is 0 Å². The van der Waals surface area contributed by atoms with Gasteiger partial charge in [-0.25, -0.2) is 4.57 Å². The van der Waals surface area contributed by atoms with Gasteiger partial charge >= 0.3 is 0 Å². The summed E-state index contributed by atoms with van der Waals surface area (Å²) in [6.45, 7) is 10.2. The van der Waals surface area contributed by atoms with Crippen LogP contribution in [0.2, 0.25) is 0 Å². The average Bonchev–Trinajstić information content (AvgIpc) is 3.01. The predicted octanol–water partition coefficient (Wildman–Crippen LogP) is 11.8. The summed E-state index contributed by atoms with van der Waals surface area (Å²) in [5.41, 5.74) is 3.93. The van der Waals surface area contributed by atoms with Crippen molar-refractivity contribution in [3.8, 4) is 0 Å². The molecule has 0 aliphatic carbocycles. The van der Waals surface area contributed by atoms with E-state index in [1.54, 1.807) is 0 Å². The number of pyridine rings is 1. The zero-order valence-corrected chi connectivity index (χ0v) is 27.4. The fourth-order valence-corrected chi connectivity index (χ4v) is 5.73. The summed E-state index contributed by atoms with van der Waals surface area (Å²) in [5.74, 6) is 0. The van der Waals surface area contributed by atoms with Crippen molar-refractivity contribution in [2.75, 3.05) is 18.0 Å². The zero-order valence-electron chi connectivity index (χ0n) is 27.4. The summed E-state index contributed by atoms with van der Waals surface area (Å²) in [6.07, 6.45) is 36.8. The van der Waals surface area contributed by atoms with E-state index in [1.165, 1.54) is 158 Å². The number of rotatable bonds is 26. The maximum atomic E-state index is 2.67. The van der Waals surface area contributed by atoms with E-state index >= 15 is 0 Å². The van der Waals surface area contributed by atoms with Crippen molar-refractivity contribution in [2.45, 2.75) is 156 Å². The van der Waals surface area contributed by atoms with Crippen molar-refractivity contribution in [2.24, 2.45) is 0 Å². The smallest absolute Gasteiger partial charge is 0.169 e. The fourth-order valence-electron chi connectivity index (χ4n) is 5.73. The molecule has 2 rings (SSSR count). The monoisotopic (exact) mass is 562 g/mol. The van der Waals surface area contributed by atoms with Crippen LogP contribution in [0.1, 0.15) is 160 Å². The molecule has 2 aromatic rings. The molecule has 0 fully saturated rings. The Kier molecular flexibility index (Phi) is 21.0. The third kappa shape index (κ3) is 17.5. The normalized spacial score (nSPS) is 11.5. The molecule has 0 unspecified atom stereocenters. The van der Waals surface area contributed by atoms with Gasteiger partial charge in [0.05, 0.1) is 0 Å². The number of aromatic nitrogens is 1. The number of benzene rings is 1. The van der Waals surface area contributed by atoms with Crippen molar-refractivity contribution in [1.29, 1.82) is 0 Å². The van der Waals surface area contributed by atoms with E-state index in [-0.39, 0.29) is 0 Å². The van der Waals surface area contributed by atoms with Crippen LogP contribution in [0.25, 0.3) is 12.2 Å². The Labute approximate surface area is 255 Å². The molecule has 2 nitrogen and oxygen atoms in total. The first-order valence-corrected chi connectivity index (χ1v) is 17.8. The van der Waals surface area contributed by atoms with Crippen molar-refractivity contribution in [3.63, 3.8) is 0 Å². The van der Waals surface area contributed by atoms with E-state index in [9.17, 15) is 0 Å². The van der Waals surface area contributed by atoms with Gasteiger partial charge in [0.15, 0.2) is 12.4 Å². The Morgan fingerprint density at radius 2 is 0.829 bits per heavy atom. The van der Waals surface area contributed by atoms with Crippen LogP contribution in [0.5, 0.6) is 0 Å². The van der Waals surface area contributed by atoms with Gasteiger partial charge in [0, 0.05) is 30.9 Å². The van der Waals surface area contributed by atoms with Crippen LogP contribution in [-0.2, 0) is 6.54 Å². The summed E-state index contributed by atoms with van der Waals surface area (Å²) >= 11 is 0. The third-order valence-electron chi connectivity index (χ3n) is 8.57. The maximum absolute atomic E-state index is 2.67. The Morgan fingerprint density at radius 3 is 1.22 bits per heavy atom. The van der Waals surface area contributed by atoms with Crippen molar-refractivity contribution in [3.05, 3.63) is 59.9 Å². The lowest BCUT2D eigenvalue weighted by atomic mass is 10.1. The molecule has 0 atom stereocenters. The minimum absolute atomic E-state index is 1.01.